The van der Waals surface area contributed by atoms with Gasteiger partial charge in [-0.15, -0.1) is 0 Å². The topological polar surface area (TPSA) is 90.3 Å². The van der Waals surface area contributed by atoms with Gasteiger partial charge in [-0.25, -0.2) is 4.68 Å². The largest absolute Gasteiger partial charge is 0.490 e. The molecule has 0 saturated carbocycles. The summed E-state index contributed by atoms with van der Waals surface area (Å²) in [6.45, 7) is 8.71. The van der Waals surface area contributed by atoms with E-state index in [9.17, 15) is 4.79 Å². The van der Waals surface area contributed by atoms with Crippen molar-refractivity contribution in [2.24, 2.45) is 0 Å². The van der Waals surface area contributed by atoms with Gasteiger partial charge in [-0.05, 0) is 84.6 Å². The highest BCUT2D eigenvalue weighted by molar-refractivity contribution is 9.10. The number of allylic oxidation sites excluding steroid dienone is 1. The molecule has 1 atom stereocenters. The summed E-state index contributed by atoms with van der Waals surface area (Å²) in [6.07, 6.45) is 1.47. The maximum absolute atomic E-state index is 13.7. The number of benzene rings is 3. The van der Waals surface area contributed by atoms with Crippen LogP contribution in [0.4, 0.5) is 11.6 Å². The molecule has 0 spiro atoms. The Morgan fingerprint density at radius 3 is 2.59 bits per heavy atom. The molecule has 200 valence electrons. The van der Waals surface area contributed by atoms with Gasteiger partial charge in [-0.3, -0.25) is 4.79 Å². The lowest BCUT2D eigenvalue weighted by molar-refractivity contribution is -0.113. The van der Waals surface area contributed by atoms with Crippen LogP contribution in [-0.4, -0.2) is 27.3 Å². The number of nitrogens with zero attached hydrogens (tertiary/aromatic N) is 3. The van der Waals surface area contributed by atoms with Crippen molar-refractivity contribution in [1.82, 2.24) is 14.8 Å². The number of rotatable bonds is 8. The van der Waals surface area contributed by atoms with Crippen molar-refractivity contribution >= 4 is 33.5 Å². The van der Waals surface area contributed by atoms with Gasteiger partial charge in [0, 0.05) is 11.4 Å². The quantitative estimate of drug-likeness (QED) is 0.242. The van der Waals surface area contributed by atoms with Crippen LogP contribution in [0, 0.1) is 13.8 Å². The van der Waals surface area contributed by atoms with E-state index in [1.807, 2.05) is 75.4 Å². The Kier molecular flexibility index (Phi) is 7.70. The summed E-state index contributed by atoms with van der Waals surface area (Å²) < 4.78 is 14.7. The molecule has 1 aromatic heterocycles. The Hall–Kier alpha value is -4.11. The van der Waals surface area contributed by atoms with Gasteiger partial charge in [0.2, 0.25) is 5.95 Å². The molecule has 0 radical (unpaired) electrons. The average Bonchev–Trinajstić information content (AvgIpc) is 3.37. The van der Waals surface area contributed by atoms with E-state index in [1.165, 1.54) is 6.33 Å². The lowest BCUT2D eigenvalue weighted by Gasteiger charge is -2.29. The average molecular weight is 589 g/mol. The highest BCUT2D eigenvalue weighted by Gasteiger charge is 2.34. The van der Waals surface area contributed by atoms with Crippen molar-refractivity contribution in [3.63, 3.8) is 0 Å². The molecule has 9 heteroatoms. The molecule has 2 N–H and O–H groups in total. The predicted molar refractivity (Wildman–Crippen MR) is 155 cm³/mol. The molecule has 1 aliphatic rings. The van der Waals surface area contributed by atoms with E-state index in [0.717, 1.165) is 22.3 Å². The Morgan fingerprint density at radius 2 is 1.85 bits per heavy atom. The number of amides is 1. The molecule has 0 fully saturated rings. The van der Waals surface area contributed by atoms with Crippen molar-refractivity contribution in [2.75, 3.05) is 17.2 Å². The van der Waals surface area contributed by atoms with Crippen molar-refractivity contribution in [1.29, 1.82) is 0 Å². The van der Waals surface area contributed by atoms with E-state index in [2.05, 4.69) is 49.6 Å². The number of carbonyl (C=O) groups is 1. The van der Waals surface area contributed by atoms with E-state index in [4.69, 9.17) is 9.47 Å². The van der Waals surface area contributed by atoms with Gasteiger partial charge in [-0.1, -0.05) is 42.0 Å². The predicted octanol–water partition coefficient (Wildman–Crippen LogP) is 6.56. The second-order valence-electron chi connectivity index (χ2n) is 9.39. The summed E-state index contributed by atoms with van der Waals surface area (Å²) in [5.41, 5.74) is 6.10. The number of fused-ring (bicyclic) bond motifs is 1. The van der Waals surface area contributed by atoms with Crippen LogP contribution in [0.1, 0.15) is 42.1 Å². The minimum Gasteiger partial charge on any atom is -0.490 e. The Morgan fingerprint density at radius 1 is 1.08 bits per heavy atom. The molecule has 39 heavy (non-hydrogen) atoms. The first-order chi connectivity index (χ1) is 18.9. The molecule has 3 aromatic carbocycles. The van der Waals surface area contributed by atoms with Crippen LogP contribution >= 0.6 is 15.9 Å². The Balaban J connectivity index is 1.53. The number of hydrogen-bond donors (Lipinski definition) is 2. The third kappa shape index (κ3) is 5.54. The van der Waals surface area contributed by atoms with Gasteiger partial charge in [0.15, 0.2) is 11.5 Å². The SMILES string of the molecule is CCOc1cc(C2C(C(=O)Nc3ccc(C)cc3)=C(C)Nc3ncnn32)cc(Br)c1OCc1ccccc1C. The number of aryl methyl sites for hydroxylation is 2. The van der Waals surface area contributed by atoms with Gasteiger partial charge in [0.05, 0.1) is 16.7 Å². The van der Waals surface area contributed by atoms with Crippen LogP contribution in [0.25, 0.3) is 0 Å². The lowest BCUT2D eigenvalue weighted by Crippen LogP contribution is -2.31. The van der Waals surface area contributed by atoms with E-state index in [1.54, 1.807) is 4.68 Å². The van der Waals surface area contributed by atoms with E-state index in [0.29, 0.717) is 52.1 Å². The van der Waals surface area contributed by atoms with Gasteiger partial charge in [0.25, 0.3) is 5.91 Å². The first-order valence-electron chi connectivity index (χ1n) is 12.7. The Labute approximate surface area is 236 Å². The molecule has 0 aliphatic carbocycles. The monoisotopic (exact) mass is 587 g/mol. The fourth-order valence-electron chi connectivity index (χ4n) is 4.60. The first-order valence-corrected chi connectivity index (χ1v) is 13.5. The second kappa shape index (κ2) is 11.3. The number of nitrogens with one attached hydrogen (secondary N) is 2. The van der Waals surface area contributed by atoms with Crippen molar-refractivity contribution < 1.29 is 14.3 Å². The number of ether oxygens (including phenoxy) is 2. The number of hydrogen-bond acceptors (Lipinski definition) is 6. The zero-order valence-electron chi connectivity index (χ0n) is 22.3. The fraction of sp³-hybridized carbons (Fsp3) is 0.233. The summed E-state index contributed by atoms with van der Waals surface area (Å²) >= 11 is 3.71. The Bertz CT molecular complexity index is 1540. The van der Waals surface area contributed by atoms with Gasteiger partial charge in [-0.2, -0.15) is 10.1 Å². The summed E-state index contributed by atoms with van der Waals surface area (Å²) in [6, 6.07) is 19.1. The van der Waals surface area contributed by atoms with E-state index in [-0.39, 0.29) is 5.91 Å². The normalized spacial score (nSPS) is 14.4. The third-order valence-electron chi connectivity index (χ3n) is 6.63. The van der Waals surface area contributed by atoms with Crippen molar-refractivity contribution in [3.8, 4) is 11.5 Å². The fourth-order valence-corrected chi connectivity index (χ4v) is 5.17. The molecule has 4 aromatic rings. The number of anilines is 2. The van der Waals surface area contributed by atoms with Crippen LogP contribution in [-0.2, 0) is 11.4 Å². The first kappa shape index (κ1) is 26.5. The molecule has 0 saturated heterocycles. The standard InChI is InChI=1S/C30H30BrN5O3/c1-5-38-25-15-22(14-24(31)28(25)39-16-21-9-7-6-8-19(21)3)27-26(20(4)34-30-32-17-33-36(27)30)29(37)35-23-12-10-18(2)11-13-23/h6-15,17,27H,5,16H2,1-4H3,(H,35,37)(H,32,33,34). The number of carbonyl (C=O) groups excluding carboxylic acids is 1. The second-order valence-corrected chi connectivity index (χ2v) is 10.2. The van der Waals surface area contributed by atoms with Crippen LogP contribution < -0.4 is 20.1 Å². The van der Waals surface area contributed by atoms with Crippen molar-refractivity contribution in [3.05, 3.63) is 105 Å². The lowest BCUT2D eigenvalue weighted by atomic mass is 9.94. The van der Waals surface area contributed by atoms with Gasteiger partial charge in [0.1, 0.15) is 19.0 Å². The molecule has 2 heterocycles. The number of halogens is 1. The molecule has 5 rings (SSSR count). The van der Waals surface area contributed by atoms with Crippen LogP contribution in [0.3, 0.4) is 0 Å². The molecule has 1 amide bonds. The summed E-state index contributed by atoms with van der Waals surface area (Å²) in [7, 11) is 0. The zero-order valence-corrected chi connectivity index (χ0v) is 23.9. The smallest absolute Gasteiger partial charge is 0.255 e. The zero-order chi connectivity index (χ0) is 27.5. The van der Waals surface area contributed by atoms with Crippen LogP contribution in [0.5, 0.6) is 11.5 Å². The molecule has 8 nitrogen and oxygen atoms in total. The summed E-state index contributed by atoms with van der Waals surface area (Å²) in [5.74, 6) is 1.50. The minimum atomic E-state index is -0.546. The summed E-state index contributed by atoms with van der Waals surface area (Å²) in [5, 5.41) is 10.7. The van der Waals surface area contributed by atoms with E-state index >= 15 is 0 Å². The van der Waals surface area contributed by atoms with Gasteiger partial charge < -0.3 is 20.1 Å². The third-order valence-corrected chi connectivity index (χ3v) is 7.22. The number of aromatic nitrogens is 3. The molecular formula is C30H30BrN5O3. The van der Waals surface area contributed by atoms with Crippen LogP contribution in [0.15, 0.2) is 82.7 Å². The minimum absolute atomic E-state index is 0.232. The highest BCUT2D eigenvalue weighted by atomic mass is 79.9. The molecule has 0 bridgehead atoms. The molecular weight excluding hydrogens is 558 g/mol. The highest BCUT2D eigenvalue weighted by Crippen LogP contribution is 2.43. The maximum Gasteiger partial charge on any atom is 0.255 e. The van der Waals surface area contributed by atoms with Crippen LogP contribution in [0.2, 0.25) is 0 Å². The molecule has 1 aliphatic heterocycles. The van der Waals surface area contributed by atoms with E-state index < -0.39 is 6.04 Å². The molecule has 1 unspecified atom stereocenters. The van der Waals surface area contributed by atoms with Gasteiger partial charge >= 0.3 is 0 Å². The van der Waals surface area contributed by atoms with Crippen molar-refractivity contribution in [2.45, 2.75) is 40.3 Å². The summed E-state index contributed by atoms with van der Waals surface area (Å²) in [4.78, 5) is 18.0. The maximum atomic E-state index is 13.7.